The maximum atomic E-state index is 12.4. The molecule has 0 N–H and O–H groups in total. The molecule has 2 aromatic carbocycles. The van der Waals surface area contributed by atoms with Crippen LogP contribution in [0, 0.1) is 0 Å². The second-order valence-electron chi connectivity index (χ2n) is 5.06. The molecule has 5 nitrogen and oxygen atoms in total. The lowest BCUT2D eigenvalue weighted by Crippen LogP contribution is -2.36. The summed E-state index contributed by atoms with van der Waals surface area (Å²) >= 11 is 3.31. The lowest BCUT2D eigenvalue weighted by Gasteiger charge is -2.25. The van der Waals surface area contributed by atoms with Crippen molar-refractivity contribution in [3.63, 3.8) is 0 Å². The average molecular weight is 370 g/mol. The molecule has 0 spiro atoms. The zero-order chi connectivity index (χ0) is 16.1. The Labute approximate surface area is 139 Å². The molecule has 0 aliphatic carbocycles. The average Bonchev–Trinajstić information content (AvgIpc) is 2.82. The SMILES string of the molecule is O=C1Oc2ccccc2N2C(=O)C(=O)C(c3ccc(Br)cc3)=C12. The van der Waals surface area contributed by atoms with Crippen molar-refractivity contribution in [2.45, 2.75) is 0 Å². The van der Waals surface area contributed by atoms with Gasteiger partial charge in [-0.2, -0.15) is 0 Å². The van der Waals surface area contributed by atoms with Gasteiger partial charge < -0.3 is 4.74 Å². The Kier molecular flexibility index (Phi) is 2.96. The van der Waals surface area contributed by atoms with Crippen LogP contribution in [0.25, 0.3) is 5.57 Å². The maximum absolute atomic E-state index is 12.4. The maximum Gasteiger partial charge on any atom is 0.361 e. The van der Waals surface area contributed by atoms with Gasteiger partial charge in [-0.1, -0.05) is 40.2 Å². The van der Waals surface area contributed by atoms with Crippen LogP contribution in [0.3, 0.4) is 0 Å². The summed E-state index contributed by atoms with van der Waals surface area (Å²) in [4.78, 5) is 38.3. The number of ether oxygens (including phenoxy) is 1. The standard InChI is InChI=1S/C17H8BrNO4/c18-10-7-5-9(6-8-10)13-14-17(22)23-12-4-2-1-3-11(12)19(14)16(21)15(13)20/h1-8H. The topological polar surface area (TPSA) is 63.7 Å². The quantitative estimate of drug-likeness (QED) is 0.440. The van der Waals surface area contributed by atoms with Gasteiger partial charge in [-0.3, -0.25) is 14.5 Å². The molecule has 2 heterocycles. The van der Waals surface area contributed by atoms with E-state index in [1.54, 1.807) is 48.5 Å². The van der Waals surface area contributed by atoms with Gasteiger partial charge in [0.1, 0.15) is 5.70 Å². The number of hydrogen-bond donors (Lipinski definition) is 0. The minimum absolute atomic E-state index is 0.0268. The lowest BCUT2D eigenvalue weighted by molar-refractivity contribution is -0.133. The smallest absolute Gasteiger partial charge is 0.361 e. The van der Waals surface area contributed by atoms with Crippen molar-refractivity contribution in [1.82, 2.24) is 0 Å². The molecule has 1 amide bonds. The first kappa shape index (κ1) is 13.9. The van der Waals surface area contributed by atoms with Crippen LogP contribution in [0.2, 0.25) is 0 Å². The predicted molar refractivity (Wildman–Crippen MR) is 85.6 cm³/mol. The van der Waals surface area contributed by atoms with Crippen molar-refractivity contribution >= 4 is 44.9 Å². The molecule has 0 aromatic heterocycles. The van der Waals surface area contributed by atoms with E-state index in [4.69, 9.17) is 4.74 Å². The zero-order valence-corrected chi connectivity index (χ0v) is 13.2. The summed E-state index contributed by atoms with van der Waals surface area (Å²) in [5, 5.41) is 0. The van der Waals surface area contributed by atoms with E-state index in [-0.39, 0.29) is 17.0 Å². The Balaban J connectivity index is 1.98. The van der Waals surface area contributed by atoms with E-state index in [9.17, 15) is 14.4 Å². The number of amides is 1. The van der Waals surface area contributed by atoms with Gasteiger partial charge in [0.05, 0.1) is 11.3 Å². The van der Waals surface area contributed by atoms with E-state index in [0.29, 0.717) is 11.3 Å². The summed E-state index contributed by atoms with van der Waals surface area (Å²) in [6, 6.07) is 13.5. The Hall–Kier alpha value is -2.73. The number of ketones is 1. The fourth-order valence-electron chi connectivity index (χ4n) is 2.71. The lowest BCUT2D eigenvalue weighted by atomic mass is 10.0. The van der Waals surface area contributed by atoms with Gasteiger partial charge in [0, 0.05) is 4.47 Å². The van der Waals surface area contributed by atoms with E-state index < -0.39 is 17.7 Å². The van der Waals surface area contributed by atoms with Gasteiger partial charge in [0.15, 0.2) is 5.75 Å². The summed E-state index contributed by atoms with van der Waals surface area (Å²) in [7, 11) is 0. The molecule has 2 aromatic rings. The minimum Gasteiger partial charge on any atom is -0.420 e. The van der Waals surface area contributed by atoms with E-state index >= 15 is 0 Å². The third-order valence-electron chi connectivity index (χ3n) is 3.72. The summed E-state index contributed by atoms with van der Waals surface area (Å²) in [6.45, 7) is 0. The predicted octanol–water partition coefficient (Wildman–Crippen LogP) is 2.70. The number of rotatable bonds is 1. The van der Waals surface area contributed by atoms with Crippen LogP contribution < -0.4 is 9.64 Å². The molecule has 0 bridgehead atoms. The normalized spacial score (nSPS) is 16.4. The van der Waals surface area contributed by atoms with Crippen LogP contribution in [0.15, 0.2) is 58.7 Å². The third kappa shape index (κ3) is 1.95. The second-order valence-corrected chi connectivity index (χ2v) is 5.97. The van der Waals surface area contributed by atoms with Gasteiger partial charge >= 0.3 is 11.9 Å². The van der Waals surface area contributed by atoms with Crippen LogP contribution >= 0.6 is 15.9 Å². The summed E-state index contributed by atoms with van der Waals surface area (Å²) in [5.41, 5.74) is 0.941. The molecule has 2 aliphatic heterocycles. The number of halogens is 1. The summed E-state index contributed by atoms with van der Waals surface area (Å²) in [6.07, 6.45) is 0. The number of hydrogen-bond acceptors (Lipinski definition) is 4. The Bertz CT molecular complexity index is 914. The van der Waals surface area contributed by atoms with Gasteiger partial charge in [0.25, 0.3) is 5.78 Å². The first-order valence-corrected chi connectivity index (χ1v) is 7.57. The molecule has 2 aliphatic rings. The Morgan fingerprint density at radius 2 is 1.61 bits per heavy atom. The molecule has 0 saturated carbocycles. The molecule has 0 radical (unpaired) electrons. The molecule has 0 fully saturated rings. The highest BCUT2D eigenvalue weighted by molar-refractivity contribution is 9.10. The monoisotopic (exact) mass is 369 g/mol. The van der Waals surface area contributed by atoms with Crippen molar-refractivity contribution in [2.24, 2.45) is 0 Å². The first-order valence-electron chi connectivity index (χ1n) is 6.78. The second kappa shape index (κ2) is 4.89. The van der Waals surface area contributed by atoms with Crippen LogP contribution in [0.5, 0.6) is 5.75 Å². The number of anilines is 1. The molecule has 112 valence electrons. The number of Topliss-reactive ketones (excluding diaryl/α,β-unsaturated/α-hetero) is 1. The molecule has 0 unspecified atom stereocenters. The summed E-state index contributed by atoms with van der Waals surface area (Å²) in [5.74, 6) is -1.90. The van der Waals surface area contributed by atoms with E-state index in [0.717, 1.165) is 9.37 Å². The first-order chi connectivity index (χ1) is 11.1. The molecule has 4 rings (SSSR count). The van der Waals surface area contributed by atoms with Crippen molar-refractivity contribution in [1.29, 1.82) is 0 Å². The van der Waals surface area contributed by atoms with Crippen LogP contribution in [0.1, 0.15) is 5.56 Å². The zero-order valence-electron chi connectivity index (χ0n) is 11.6. The number of carbonyl (C=O) groups is 3. The van der Waals surface area contributed by atoms with Crippen molar-refractivity contribution in [3.05, 3.63) is 64.3 Å². The summed E-state index contributed by atoms with van der Waals surface area (Å²) < 4.78 is 6.10. The highest BCUT2D eigenvalue weighted by atomic mass is 79.9. The molecule has 0 atom stereocenters. The van der Waals surface area contributed by atoms with E-state index in [1.807, 2.05) is 0 Å². The van der Waals surface area contributed by atoms with E-state index in [2.05, 4.69) is 15.9 Å². The van der Waals surface area contributed by atoms with Crippen molar-refractivity contribution in [2.75, 3.05) is 4.90 Å². The number of carbonyl (C=O) groups excluding carboxylic acids is 3. The number of nitrogens with zero attached hydrogens (tertiary/aromatic N) is 1. The molecular weight excluding hydrogens is 362 g/mol. The van der Waals surface area contributed by atoms with Crippen molar-refractivity contribution in [3.8, 4) is 5.75 Å². The highest BCUT2D eigenvalue weighted by Crippen LogP contribution is 2.42. The molecule has 6 heteroatoms. The molecule has 23 heavy (non-hydrogen) atoms. The van der Waals surface area contributed by atoms with Gasteiger partial charge in [-0.25, -0.2) is 4.79 Å². The number of para-hydroxylation sites is 2. The fourth-order valence-corrected chi connectivity index (χ4v) is 2.98. The number of esters is 1. The third-order valence-corrected chi connectivity index (χ3v) is 4.25. The largest absolute Gasteiger partial charge is 0.420 e. The van der Waals surface area contributed by atoms with Gasteiger partial charge in [-0.15, -0.1) is 0 Å². The fraction of sp³-hybridized carbons (Fsp3) is 0. The Morgan fingerprint density at radius 1 is 0.913 bits per heavy atom. The minimum atomic E-state index is -0.748. The number of benzene rings is 2. The van der Waals surface area contributed by atoms with Crippen LogP contribution in [-0.4, -0.2) is 17.7 Å². The highest BCUT2D eigenvalue weighted by Gasteiger charge is 2.47. The van der Waals surface area contributed by atoms with Crippen LogP contribution in [0.4, 0.5) is 5.69 Å². The van der Waals surface area contributed by atoms with E-state index in [1.165, 1.54) is 0 Å². The van der Waals surface area contributed by atoms with Gasteiger partial charge in [0.2, 0.25) is 0 Å². The number of fused-ring (bicyclic) bond motifs is 3. The van der Waals surface area contributed by atoms with Crippen molar-refractivity contribution < 1.29 is 19.1 Å². The Morgan fingerprint density at radius 3 is 2.35 bits per heavy atom. The van der Waals surface area contributed by atoms with Gasteiger partial charge in [-0.05, 0) is 29.8 Å². The molecular formula is C17H8BrNO4. The van der Waals surface area contributed by atoms with Crippen LogP contribution in [-0.2, 0) is 14.4 Å². The molecule has 0 saturated heterocycles.